The highest BCUT2D eigenvalue weighted by atomic mass is 14.5. The molecule has 1 heteroatoms. The molecule has 0 aliphatic carbocycles. The SMILES string of the molecule is NCCC[CH]c1ccccc1. The van der Waals surface area contributed by atoms with Crippen molar-refractivity contribution in [1.29, 1.82) is 0 Å². The average molecular weight is 148 g/mol. The van der Waals surface area contributed by atoms with Crippen molar-refractivity contribution in [3.63, 3.8) is 0 Å². The van der Waals surface area contributed by atoms with Crippen LogP contribution in [0.15, 0.2) is 30.3 Å². The molecule has 59 valence electrons. The van der Waals surface area contributed by atoms with Gasteiger partial charge < -0.3 is 5.73 Å². The van der Waals surface area contributed by atoms with E-state index in [4.69, 9.17) is 5.73 Å². The molecule has 0 saturated heterocycles. The topological polar surface area (TPSA) is 26.0 Å². The third kappa shape index (κ3) is 3.19. The smallest absolute Gasteiger partial charge is 0.00771 e. The van der Waals surface area contributed by atoms with Crippen LogP contribution in [0.4, 0.5) is 0 Å². The molecule has 0 atom stereocenters. The fourth-order valence-corrected chi connectivity index (χ4v) is 0.976. The maximum absolute atomic E-state index is 5.37. The Kier molecular flexibility index (Phi) is 3.70. The first kappa shape index (κ1) is 8.28. The van der Waals surface area contributed by atoms with Gasteiger partial charge in [0, 0.05) is 0 Å². The van der Waals surface area contributed by atoms with Gasteiger partial charge in [-0.2, -0.15) is 0 Å². The molecule has 0 unspecified atom stereocenters. The maximum Gasteiger partial charge on any atom is -0.00771 e. The molecule has 1 rings (SSSR count). The summed E-state index contributed by atoms with van der Waals surface area (Å²) in [5.41, 5.74) is 6.67. The van der Waals surface area contributed by atoms with Crippen molar-refractivity contribution in [3.8, 4) is 0 Å². The molecule has 0 aromatic heterocycles. The van der Waals surface area contributed by atoms with E-state index in [1.54, 1.807) is 0 Å². The normalized spacial score (nSPS) is 9.91. The second-order valence-electron chi connectivity index (χ2n) is 2.55. The summed E-state index contributed by atoms with van der Waals surface area (Å²) < 4.78 is 0. The molecule has 0 saturated carbocycles. The second kappa shape index (κ2) is 4.91. The summed E-state index contributed by atoms with van der Waals surface area (Å²) in [5.74, 6) is 0. The molecule has 0 aliphatic heterocycles. The molecular formula is C10H14N. The summed E-state index contributed by atoms with van der Waals surface area (Å²) in [5, 5.41) is 0. The number of rotatable bonds is 4. The van der Waals surface area contributed by atoms with Crippen LogP contribution in [0.3, 0.4) is 0 Å². The zero-order chi connectivity index (χ0) is 7.94. The monoisotopic (exact) mass is 148 g/mol. The molecule has 1 aromatic carbocycles. The van der Waals surface area contributed by atoms with Crippen LogP contribution in [-0.2, 0) is 0 Å². The molecule has 0 heterocycles. The van der Waals surface area contributed by atoms with E-state index in [1.165, 1.54) is 5.56 Å². The molecule has 1 aromatic rings. The Hall–Kier alpha value is -0.820. The lowest BCUT2D eigenvalue weighted by Crippen LogP contribution is -1.97. The van der Waals surface area contributed by atoms with E-state index in [1.807, 2.05) is 18.2 Å². The van der Waals surface area contributed by atoms with E-state index < -0.39 is 0 Å². The van der Waals surface area contributed by atoms with Gasteiger partial charge in [-0.05, 0) is 31.4 Å². The third-order valence-corrected chi connectivity index (χ3v) is 1.59. The minimum atomic E-state index is 0.781. The minimum Gasteiger partial charge on any atom is -0.330 e. The van der Waals surface area contributed by atoms with E-state index >= 15 is 0 Å². The van der Waals surface area contributed by atoms with E-state index in [0.29, 0.717) is 0 Å². The number of unbranched alkanes of at least 4 members (excludes halogenated alkanes) is 1. The highest BCUT2D eigenvalue weighted by Crippen LogP contribution is 2.05. The van der Waals surface area contributed by atoms with E-state index in [-0.39, 0.29) is 0 Å². The Labute approximate surface area is 68.2 Å². The predicted molar refractivity (Wildman–Crippen MR) is 48.1 cm³/mol. The lowest BCUT2D eigenvalue weighted by molar-refractivity contribution is 0.828. The van der Waals surface area contributed by atoms with Crippen molar-refractivity contribution in [1.82, 2.24) is 0 Å². The van der Waals surface area contributed by atoms with Gasteiger partial charge in [0.1, 0.15) is 0 Å². The van der Waals surface area contributed by atoms with Crippen LogP contribution in [0.1, 0.15) is 18.4 Å². The van der Waals surface area contributed by atoms with Crippen LogP contribution >= 0.6 is 0 Å². The van der Waals surface area contributed by atoms with Crippen LogP contribution in [0, 0.1) is 6.42 Å². The van der Waals surface area contributed by atoms with Gasteiger partial charge in [-0.25, -0.2) is 0 Å². The van der Waals surface area contributed by atoms with Gasteiger partial charge in [0.25, 0.3) is 0 Å². The van der Waals surface area contributed by atoms with E-state index in [9.17, 15) is 0 Å². The summed E-state index contributed by atoms with van der Waals surface area (Å²) in [7, 11) is 0. The fraction of sp³-hybridized carbons (Fsp3) is 0.300. The Balaban J connectivity index is 2.28. The van der Waals surface area contributed by atoms with Gasteiger partial charge in [-0.3, -0.25) is 0 Å². The molecule has 2 N–H and O–H groups in total. The van der Waals surface area contributed by atoms with Crippen molar-refractivity contribution in [2.75, 3.05) is 6.54 Å². The summed E-state index contributed by atoms with van der Waals surface area (Å²) in [4.78, 5) is 0. The second-order valence-corrected chi connectivity index (χ2v) is 2.55. The van der Waals surface area contributed by atoms with E-state index in [2.05, 4.69) is 18.6 Å². The molecule has 0 aliphatic rings. The molecular weight excluding hydrogens is 134 g/mol. The van der Waals surface area contributed by atoms with Crippen molar-refractivity contribution in [2.45, 2.75) is 12.8 Å². The van der Waals surface area contributed by atoms with Crippen molar-refractivity contribution in [2.24, 2.45) is 5.73 Å². The number of hydrogen-bond donors (Lipinski definition) is 1. The Morgan fingerprint density at radius 3 is 2.55 bits per heavy atom. The van der Waals surface area contributed by atoms with Crippen LogP contribution in [0.2, 0.25) is 0 Å². The van der Waals surface area contributed by atoms with Gasteiger partial charge in [-0.1, -0.05) is 30.3 Å². The zero-order valence-corrected chi connectivity index (χ0v) is 6.66. The molecule has 1 nitrogen and oxygen atoms in total. The lowest BCUT2D eigenvalue weighted by Gasteiger charge is -1.97. The van der Waals surface area contributed by atoms with Crippen LogP contribution in [0.25, 0.3) is 0 Å². The van der Waals surface area contributed by atoms with Crippen LogP contribution in [0.5, 0.6) is 0 Å². The Morgan fingerprint density at radius 2 is 1.91 bits per heavy atom. The van der Waals surface area contributed by atoms with Gasteiger partial charge in [-0.15, -0.1) is 0 Å². The average Bonchev–Trinajstić information content (AvgIpc) is 2.07. The lowest BCUT2D eigenvalue weighted by atomic mass is 10.1. The summed E-state index contributed by atoms with van der Waals surface area (Å²) >= 11 is 0. The Bertz CT molecular complexity index is 181. The quantitative estimate of drug-likeness (QED) is 0.649. The molecule has 0 spiro atoms. The molecule has 1 radical (unpaired) electrons. The standard InChI is InChI=1S/C10H14N/c11-9-5-4-8-10-6-2-1-3-7-10/h1-3,6-8H,4-5,9,11H2. The first-order chi connectivity index (χ1) is 5.43. The summed E-state index contributed by atoms with van der Waals surface area (Å²) in [6.07, 6.45) is 4.38. The number of nitrogens with two attached hydrogens (primary N) is 1. The van der Waals surface area contributed by atoms with Gasteiger partial charge >= 0.3 is 0 Å². The van der Waals surface area contributed by atoms with Crippen LogP contribution in [-0.4, -0.2) is 6.54 Å². The summed E-state index contributed by atoms with van der Waals surface area (Å²) in [6, 6.07) is 10.3. The van der Waals surface area contributed by atoms with Crippen molar-refractivity contribution in [3.05, 3.63) is 42.3 Å². The van der Waals surface area contributed by atoms with Gasteiger partial charge in [0.05, 0.1) is 0 Å². The molecule has 0 bridgehead atoms. The number of hydrogen-bond acceptors (Lipinski definition) is 1. The highest BCUT2D eigenvalue weighted by Gasteiger charge is 1.89. The molecule has 0 amide bonds. The molecule has 11 heavy (non-hydrogen) atoms. The zero-order valence-electron chi connectivity index (χ0n) is 6.66. The highest BCUT2D eigenvalue weighted by molar-refractivity contribution is 5.21. The van der Waals surface area contributed by atoms with Gasteiger partial charge in [0.2, 0.25) is 0 Å². The fourth-order valence-electron chi connectivity index (χ4n) is 0.976. The first-order valence-electron chi connectivity index (χ1n) is 4.02. The summed E-state index contributed by atoms with van der Waals surface area (Å²) in [6.45, 7) is 0.781. The third-order valence-electron chi connectivity index (χ3n) is 1.59. The minimum absolute atomic E-state index is 0.781. The first-order valence-corrected chi connectivity index (χ1v) is 4.02. The predicted octanol–water partition coefficient (Wildman–Crippen LogP) is 1.98. The maximum atomic E-state index is 5.37. The Morgan fingerprint density at radius 1 is 1.18 bits per heavy atom. The molecule has 0 fully saturated rings. The van der Waals surface area contributed by atoms with Gasteiger partial charge in [0.15, 0.2) is 0 Å². The van der Waals surface area contributed by atoms with E-state index in [0.717, 1.165) is 19.4 Å². The van der Waals surface area contributed by atoms with Crippen molar-refractivity contribution >= 4 is 0 Å². The van der Waals surface area contributed by atoms with Crippen LogP contribution < -0.4 is 5.73 Å². The largest absolute Gasteiger partial charge is 0.330 e. The number of benzene rings is 1. The van der Waals surface area contributed by atoms with Crippen molar-refractivity contribution < 1.29 is 0 Å².